The predicted molar refractivity (Wildman–Crippen MR) is 173 cm³/mol. The molecule has 0 aliphatic carbocycles. The summed E-state index contributed by atoms with van der Waals surface area (Å²) >= 11 is 5.38. The number of benzene rings is 6. The second-order valence-electron chi connectivity index (χ2n) is 9.58. The molecule has 1 nitrogen and oxygen atoms in total. The van der Waals surface area contributed by atoms with E-state index in [0.717, 1.165) is 21.5 Å². The fraction of sp³-hybridized carbons (Fsp3) is 0. The fourth-order valence-corrected chi connectivity index (χ4v) is 6.57. The Balaban J connectivity index is 1.27. The molecular formula is C36H24BrNS. The summed E-state index contributed by atoms with van der Waals surface area (Å²) in [5.74, 6) is 0. The Labute approximate surface area is 240 Å². The third kappa shape index (κ3) is 4.65. The molecule has 0 atom stereocenters. The molecule has 3 heteroatoms. The van der Waals surface area contributed by atoms with Gasteiger partial charge in [0.15, 0.2) is 0 Å². The van der Waals surface area contributed by atoms with Gasteiger partial charge in [0.05, 0.1) is 0 Å². The molecule has 0 aliphatic heterocycles. The van der Waals surface area contributed by atoms with Crippen LogP contribution >= 0.6 is 27.3 Å². The lowest BCUT2D eigenvalue weighted by Gasteiger charge is -2.25. The number of hydrogen-bond donors (Lipinski definition) is 0. The van der Waals surface area contributed by atoms with Crippen LogP contribution in [-0.4, -0.2) is 0 Å². The zero-order chi connectivity index (χ0) is 26.2. The number of para-hydroxylation sites is 2. The van der Waals surface area contributed by atoms with Crippen molar-refractivity contribution in [1.82, 2.24) is 0 Å². The van der Waals surface area contributed by atoms with Gasteiger partial charge in [-0.15, -0.1) is 11.3 Å². The molecule has 0 saturated heterocycles. The van der Waals surface area contributed by atoms with Crippen molar-refractivity contribution < 1.29 is 0 Å². The minimum Gasteiger partial charge on any atom is -0.310 e. The van der Waals surface area contributed by atoms with Crippen molar-refractivity contribution in [2.24, 2.45) is 0 Å². The molecule has 6 aromatic carbocycles. The van der Waals surface area contributed by atoms with Gasteiger partial charge in [0, 0.05) is 41.7 Å². The van der Waals surface area contributed by atoms with Crippen molar-refractivity contribution in [2.45, 2.75) is 0 Å². The van der Waals surface area contributed by atoms with E-state index in [-0.39, 0.29) is 0 Å². The first-order valence-electron chi connectivity index (χ1n) is 13.0. The smallest absolute Gasteiger partial charge is 0.0476 e. The van der Waals surface area contributed by atoms with Crippen LogP contribution in [0.15, 0.2) is 150 Å². The summed E-state index contributed by atoms with van der Waals surface area (Å²) < 4.78 is 3.70. The van der Waals surface area contributed by atoms with Gasteiger partial charge in [-0.1, -0.05) is 101 Å². The van der Waals surface area contributed by atoms with Crippen LogP contribution in [0.3, 0.4) is 0 Å². The highest BCUT2D eigenvalue weighted by Crippen LogP contribution is 2.41. The number of anilines is 3. The van der Waals surface area contributed by atoms with E-state index in [1.807, 2.05) is 11.3 Å². The monoisotopic (exact) mass is 581 g/mol. The second kappa shape index (κ2) is 10.2. The first-order chi connectivity index (χ1) is 19.2. The van der Waals surface area contributed by atoms with Crippen LogP contribution in [0.1, 0.15) is 0 Å². The topological polar surface area (TPSA) is 3.24 Å². The van der Waals surface area contributed by atoms with Crippen molar-refractivity contribution in [3.05, 3.63) is 150 Å². The van der Waals surface area contributed by atoms with Gasteiger partial charge in [-0.25, -0.2) is 0 Å². The summed E-state index contributed by atoms with van der Waals surface area (Å²) in [5.41, 5.74) is 8.38. The minimum absolute atomic E-state index is 1.10. The lowest BCUT2D eigenvalue weighted by molar-refractivity contribution is 1.29. The van der Waals surface area contributed by atoms with Crippen molar-refractivity contribution in [3.8, 4) is 22.3 Å². The number of fused-ring (bicyclic) bond motifs is 3. The quantitative estimate of drug-likeness (QED) is 0.195. The first-order valence-corrected chi connectivity index (χ1v) is 14.6. The second-order valence-corrected chi connectivity index (χ2v) is 11.6. The van der Waals surface area contributed by atoms with Gasteiger partial charge < -0.3 is 4.90 Å². The number of rotatable bonds is 5. The molecule has 186 valence electrons. The number of halogens is 1. The summed E-state index contributed by atoms with van der Waals surface area (Å²) in [6.45, 7) is 0. The van der Waals surface area contributed by atoms with Crippen LogP contribution in [0.2, 0.25) is 0 Å². The Kier molecular flexibility index (Phi) is 6.24. The van der Waals surface area contributed by atoms with Crippen molar-refractivity contribution in [2.75, 3.05) is 4.90 Å². The van der Waals surface area contributed by atoms with Crippen LogP contribution in [0.4, 0.5) is 17.1 Å². The third-order valence-electron chi connectivity index (χ3n) is 7.14. The molecule has 0 amide bonds. The molecule has 39 heavy (non-hydrogen) atoms. The molecule has 1 aromatic heterocycles. The van der Waals surface area contributed by atoms with Crippen molar-refractivity contribution in [1.29, 1.82) is 0 Å². The summed E-state index contributed by atoms with van der Waals surface area (Å²) in [5, 5.41) is 2.61. The highest BCUT2D eigenvalue weighted by molar-refractivity contribution is 9.10. The van der Waals surface area contributed by atoms with Crippen molar-refractivity contribution in [3.63, 3.8) is 0 Å². The number of hydrogen-bond acceptors (Lipinski definition) is 2. The van der Waals surface area contributed by atoms with Gasteiger partial charge in [-0.2, -0.15) is 0 Å². The van der Waals surface area contributed by atoms with Gasteiger partial charge >= 0.3 is 0 Å². The molecule has 0 aliphatic rings. The van der Waals surface area contributed by atoms with Crippen LogP contribution in [0.25, 0.3) is 42.4 Å². The largest absolute Gasteiger partial charge is 0.310 e. The highest BCUT2D eigenvalue weighted by Gasteiger charge is 2.14. The highest BCUT2D eigenvalue weighted by atomic mass is 79.9. The van der Waals surface area contributed by atoms with Crippen LogP contribution < -0.4 is 4.90 Å². The van der Waals surface area contributed by atoms with Crippen LogP contribution in [0.5, 0.6) is 0 Å². The van der Waals surface area contributed by atoms with Crippen LogP contribution in [0, 0.1) is 0 Å². The SMILES string of the molecule is Brc1ccc(-c2ccc(-c3ccc4sc5cc(N(c6ccccc6)c6ccccc6)ccc5c4c3)cc2)cc1. The van der Waals surface area contributed by atoms with E-state index in [0.29, 0.717) is 0 Å². The van der Waals surface area contributed by atoms with E-state index in [4.69, 9.17) is 0 Å². The van der Waals surface area contributed by atoms with Gasteiger partial charge in [0.1, 0.15) is 0 Å². The molecule has 0 spiro atoms. The Morgan fingerprint density at radius 3 is 1.56 bits per heavy atom. The normalized spacial score (nSPS) is 11.2. The average Bonchev–Trinajstić information content (AvgIpc) is 3.36. The molecule has 0 fully saturated rings. The van der Waals surface area contributed by atoms with Crippen molar-refractivity contribution >= 4 is 64.5 Å². The Morgan fingerprint density at radius 2 is 0.949 bits per heavy atom. The molecule has 7 aromatic rings. The minimum atomic E-state index is 1.10. The summed E-state index contributed by atoms with van der Waals surface area (Å²) in [6, 6.07) is 52.2. The number of nitrogens with zero attached hydrogens (tertiary/aromatic N) is 1. The molecule has 1 heterocycles. The maximum Gasteiger partial charge on any atom is 0.0476 e. The van der Waals surface area contributed by atoms with Gasteiger partial charge in [-0.05, 0) is 82.9 Å². The third-order valence-corrected chi connectivity index (χ3v) is 8.80. The molecule has 0 unspecified atom stereocenters. The molecule has 0 bridgehead atoms. The maximum atomic E-state index is 3.52. The zero-order valence-corrected chi connectivity index (χ0v) is 23.5. The summed E-state index contributed by atoms with van der Waals surface area (Å²) in [7, 11) is 0. The Morgan fingerprint density at radius 1 is 0.410 bits per heavy atom. The molecule has 7 rings (SSSR count). The van der Waals surface area contributed by atoms with Gasteiger partial charge in [0.2, 0.25) is 0 Å². The Bertz CT molecular complexity index is 1850. The molecule has 0 N–H and O–H groups in total. The standard InChI is InChI=1S/C36H24BrNS/c37-29-18-15-26(16-19-29)25-11-13-27(14-12-25)28-17-22-35-34(23-28)33-21-20-32(24-36(33)39-35)38(30-7-3-1-4-8-30)31-9-5-2-6-10-31/h1-24H. The van der Waals surface area contributed by atoms with E-state index in [1.165, 1.54) is 42.4 Å². The zero-order valence-electron chi connectivity index (χ0n) is 21.1. The van der Waals surface area contributed by atoms with E-state index in [2.05, 4.69) is 166 Å². The predicted octanol–water partition coefficient (Wildman–Crippen LogP) is 11.6. The molecule has 0 saturated carbocycles. The van der Waals surface area contributed by atoms with Gasteiger partial charge in [0.25, 0.3) is 0 Å². The van der Waals surface area contributed by atoms with E-state index >= 15 is 0 Å². The summed E-state index contributed by atoms with van der Waals surface area (Å²) in [6.07, 6.45) is 0. The number of thiophene rings is 1. The average molecular weight is 583 g/mol. The van der Waals surface area contributed by atoms with Crippen LogP contribution in [-0.2, 0) is 0 Å². The molecule has 0 radical (unpaired) electrons. The Hall–Kier alpha value is -4.18. The lowest BCUT2D eigenvalue weighted by Crippen LogP contribution is -2.09. The van der Waals surface area contributed by atoms with E-state index < -0.39 is 0 Å². The molecular weight excluding hydrogens is 558 g/mol. The van der Waals surface area contributed by atoms with Gasteiger partial charge in [-0.3, -0.25) is 0 Å². The maximum absolute atomic E-state index is 3.52. The van der Waals surface area contributed by atoms with E-state index in [9.17, 15) is 0 Å². The van der Waals surface area contributed by atoms with E-state index in [1.54, 1.807) is 0 Å². The lowest BCUT2D eigenvalue weighted by atomic mass is 9.99. The fourth-order valence-electron chi connectivity index (χ4n) is 5.18. The summed E-state index contributed by atoms with van der Waals surface area (Å²) in [4.78, 5) is 2.32. The first kappa shape index (κ1) is 23.9.